The van der Waals surface area contributed by atoms with Crippen molar-refractivity contribution in [3.8, 4) is 39.8 Å². The Kier molecular flexibility index (Phi) is 6.64. The van der Waals surface area contributed by atoms with E-state index >= 15 is 0 Å². The molecule has 0 spiro atoms. The van der Waals surface area contributed by atoms with Crippen molar-refractivity contribution < 1.29 is 28.5 Å². The summed E-state index contributed by atoms with van der Waals surface area (Å²) >= 11 is 0. The topological polar surface area (TPSA) is 85.2 Å². The van der Waals surface area contributed by atoms with E-state index in [0.29, 0.717) is 50.6 Å². The van der Waals surface area contributed by atoms with Crippen LogP contribution in [-0.2, 0) is 4.74 Å². The second-order valence-electron chi connectivity index (χ2n) is 7.52. The SMILES string of the molecule is COC(=O)c1c(-c2cc(OC)c(OC)c(OC)c2)c2cc(OC)ccc2c(=O)n1-c1ccccc1. The number of carbonyl (C=O) groups is 1. The van der Waals surface area contributed by atoms with Crippen LogP contribution >= 0.6 is 0 Å². The van der Waals surface area contributed by atoms with Gasteiger partial charge in [0.05, 0.1) is 35.5 Å². The van der Waals surface area contributed by atoms with E-state index in [2.05, 4.69) is 0 Å². The number of carbonyl (C=O) groups excluding carboxylic acids is 1. The van der Waals surface area contributed by atoms with Gasteiger partial charge in [0.25, 0.3) is 5.56 Å². The molecule has 8 heteroatoms. The number of rotatable bonds is 7. The molecule has 1 heterocycles. The number of para-hydroxylation sites is 1. The number of methoxy groups -OCH3 is 5. The van der Waals surface area contributed by atoms with Crippen LogP contribution in [0.25, 0.3) is 27.6 Å². The molecule has 3 aromatic carbocycles. The molecule has 0 radical (unpaired) electrons. The largest absolute Gasteiger partial charge is 0.497 e. The number of benzene rings is 3. The van der Waals surface area contributed by atoms with Gasteiger partial charge >= 0.3 is 5.97 Å². The lowest BCUT2D eigenvalue weighted by molar-refractivity contribution is 0.0591. The van der Waals surface area contributed by atoms with Crippen molar-refractivity contribution in [3.05, 3.63) is 76.7 Å². The van der Waals surface area contributed by atoms with Gasteiger partial charge in [-0.05, 0) is 48.0 Å². The fraction of sp³-hybridized carbons (Fsp3) is 0.185. The highest BCUT2D eigenvalue weighted by molar-refractivity contribution is 6.08. The fourth-order valence-corrected chi connectivity index (χ4v) is 4.14. The first-order chi connectivity index (χ1) is 17.0. The molecule has 180 valence electrons. The van der Waals surface area contributed by atoms with E-state index in [1.165, 1.54) is 40.1 Å². The van der Waals surface area contributed by atoms with Gasteiger partial charge in [-0.15, -0.1) is 0 Å². The molecule has 4 rings (SSSR count). The number of pyridine rings is 1. The Morgan fingerprint density at radius 1 is 0.743 bits per heavy atom. The molecule has 0 aliphatic heterocycles. The number of nitrogens with zero attached hydrogens (tertiary/aromatic N) is 1. The summed E-state index contributed by atoms with van der Waals surface area (Å²) in [5.74, 6) is 1.03. The van der Waals surface area contributed by atoms with Crippen molar-refractivity contribution in [2.75, 3.05) is 35.5 Å². The van der Waals surface area contributed by atoms with Crippen LogP contribution in [-0.4, -0.2) is 46.1 Å². The summed E-state index contributed by atoms with van der Waals surface area (Å²) in [7, 11) is 7.34. The Bertz CT molecular complexity index is 1430. The van der Waals surface area contributed by atoms with Gasteiger partial charge in [-0.3, -0.25) is 9.36 Å². The molecule has 0 fully saturated rings. The summed E-state index contributed by atoms with van der Waals surface area (Å²) in [5, 5.41) is 0.905. The summed E-state index contributed by atoms with van der Waals surface area (Å²) in [5.41, 5.74) is 1.21. The molecule has 0 saturated heterocycles. The first-order valence-electron chi connectivity index (χ1n) is 10.7. The normalized spacial score (nSPS) is 10.7. The van der Waals surface area contributed by atoms with E-state index in [0.717, 1.165) is 0 Å². The van der Waals surface area contributed by atoms with Crippen molar-refractivity contribution >= 4 is 16.7 Å². The van der Waals surface area contributed by atoms with Gasteiger partial charge in [0, 0.05) is 22.0 Å². The lowest BCUT2D eigenvalue weighted by Gasteiger charge is -2.20. The zero-order valence-electron chi connectivity index (χ0n) is 20.1. The van der Waals surface area contributed by atoms with Crippen molar-refractivity contribution in [1.29, 1.82) is 0 Å². The first-order valence-corrected chi connectivity index (χ1v) is 10.7. The van der Waals surface area contributed by atoms with Crippen molar-refractivity contribution in [2.45, 2.75) is 0 Å². The van der Waals surface area contributed by atoms with Gasteiger partial charge < -0.3 is 23.7 Å². The molecule has 0 aliphatic carbocycles. The molecule has 0 atom stereocenters. The van der Waals surface area contributed by atoms with Crippen LogP contribution in [0.1, 0.15) is 10.5 Å². The summed E-state index contributed by atoms with van der Waals surface area (Å²) in [4.78, 5) is 27.0. The quantitative estimate of drug-likeness (QED) is 0.364. The highest BCUT2D eigenvalue weighted by atomic mass is 16.5. The Morgan fingerprint density at radius 2 is 1.40 bits per heavy atom. The van der Waals surface area contributed by atoms with Gasteiger partial charge in [-0.1, -0.05) is 18.2 Å². The summed E-state index contributed by atoms with van der Waals surface area (Å²) in [6, 6.07) is 17.5. The molecular weight excluding hydrogens is 450 g/mol. The molecule has 35 heavy (non-hydrogen) atoms. The number of hydrogen-bond acceptors (Lipinski definition) is 7. The molecule has 0 bridgehead atoms. The van der Waals surface area contributed by atoms with Crippen molar-refractivity contribution in [3.63, 3.8) is 0 Å². The maximum Gasteiger partial charge on any atom is 0.355 e. The molecule has 0 amide bonds. The highest BCUT2D eigenvalue weighted by Crippen LogP contribution is 2.44. The average Bonchev–Trinajstić information content (AvgIpc) is 2.91. The molecule has 0 aliphatic rings. The predicted molar refractivity (Wildman–Crippen MR) is 133 cm³/mol. The minimum absolute atomic E-state index is 0.0544. The van der Waals surface area contributed by atoms with Crippen LogP contribution in [0.2, 0.25) is 0 Å². The minimum Gasteiger partial charge on any atom is -0.497 e. The zero-order chi connectivity index (χ0) is 25.1. The van der Waals surface area contributed by atoms with E-state index in [1.54, 1.807) is 54.6 Å². The number of hydrogen-bond donors (Lipinski definition) is 0. The Balaban J connectivity index is 2.26. The third kappa shape index (κ3) is 4.03. The number of ether oxygens (including phenoxy) is 5. The van der Waals surface area contributed by atoms with Crippen LogP contribution in [0.3, 0.4) is 0 Å². The zero-order valence-corrected chi connectivity index (χ0v) is 20.1. The van der Waals surface area contributed by atoms with E-state index in [4.69, 9.17) is 23.7 Å². The molecular formula is C27H25NO7. The standard InChI is InChI=1S/C27H25NO7/c1-31-18-11-12-19-20(15-18)23(16-13-21(32-2)25(34-4)22(14-16)33-3)24(27(30)35-5)28(26(19)29)17-9-7-6-8-10-17/h6-15H,1-5H3. The minimum atomic E-state index is -0.681. The summed E-state index contributed by atoms with van der Waals surface area (Å²) in [6.45, 7) is 0. The van der Waals surface area contributed by atoms with E-state index < -0.39 is 5.97 Å². The lowest BCUT2D eigenvalue weighted by Crippen LogP contribution is -2.26. The smallest absolute Gasteiger partial charge is 0.355 e. The Hall–Kier alpha value is -4.46. The summed E-state index contributed by atoms with van der Waals surface area (Å²) in [6.07, 6.45) is 0. The van der Waals surface area contributed by atoms with Gasteiger partial charge in [-0.25, -0.2) is 4.79 Å². The highest BCUT2D eigenvalue weighted by Gasteiger charge is 2.27. The third-order valence-electron chi connectivity index (χ3n) is 5.74. The summed E-state index contributed by atoms with van der Waals surface area (Å²) < 4.78 is 28.5. The van der Waals surface area contributed by atoms with Crippen LogP contribution in [0, 0.1) is 0 Å². The van der Waals surface area contributed by atoms with Gasteiger partial charge in [-0.2, -0.15) is 0 Å². The van der Waals surface area contributed by atoms with Crippen molar-refractivity contribution in [1.82, 2.24) is 4.57 Å². The second-order valence-corrected chi connectivity index (χ2v) is 7.52. The maximum atomic E-state index is 13.7. The Labute approximate surface area is 202 Å². The fourth-order valence-electron chi connectivity index (χ4n) is 4.14. The average molecular weight is 475 g/mol. The predicted octanol–water partition coefficient (Wildman–Crippen LogP) is 4.48. The van der Waals surface area contributed by atoms with Crippen LogP contribution in [0.15, 0.2) is 65.5 Å². The molecule has 0 saturated carbocycles. The number of esters is 1. The molecule has 1 aromatic heterocycles. The van der Waals surface area contributed by atoms with Gasteiger partial charge in [0.2, 0.25) is 5.75 Å². The van der Waals surface area contributed by atoms with E-state index in [1.807, 2.05) is 6.07 Å². The molecule has 8 nitrogen and oxygen atoms in total. The maximum absolute atomic E-state index is 13.7. The second kappa shape index (κ2) is 9.80. The molecule has 0 N–H and O–H groups in total. The van der Waals surface area contributed by atoms with Crippen LogP contribution in [0.5, 0.6) is 23.0 Å². The van der Waals surface area contributed by atoms with Crippen molar-refractivity contribution in [2.24, 2.45) is 0 Å². The molecule has 0 unspecified atom stereocenters. The monoisotopic (exact) mass is 475 g/mol. The number of fused-ring (bicyclic) bond motifs is 1. The Morgan fingerprint density at radius 3 is 1.94 bits per heavy atom. The van der Waals surface area contributed by atoms with Gasteiger partial charge in [0.1, 0.15) is 11.4 Å². The van der Waals surface area contributed by atoms with E-state index in [-0.39, 0.29) is 11.3 Å². The first kappa shape index (κ1) is 23.7. The third-order valence-corrected chi connectivity index (χ3v) is 5.74. The lowest BCUT2D eigenvalue weighted by atomic mass is 9.95. The van der Waals surface area contributed by atoms with Crippen LogP contribution in [0.4, 0.5) is 0 Å². The van der Waals surface area contributed by atoms with E-state index in [9.17, 15) is 9.59 Å². The van der Waals surface area contributed by atoms with Crippen LogP contribution < -0.4 is 24.5 Å². The van der Waals surface area contributed by atoms with Gasteiger partial charge in [0.15, 0.2) is 11.5 Å². The number of aromatic nitrogens is 1. The molecule has 4 aromatic rings.